The molecule has 2 amide bonds. The molecule has 0 atom stereocenters. The van der Waals surface area contributed by atoms with E-state index in [1.54, 1.807) is 12.3 Å². The third-order valence-corrected chi connectivity index (χ3v) is 4.05. The Hall–Kier alpha value is -2.63. The Labute approximate surface area is 141 Å². The van der Waals surface area contributed by atoms with E-state index in [2.05, 4.69) is 15.3 Å². The number of nitrogens with zero attached hydrogens (tertiary/aromatic N) is 3. The van der Waals surface area contributed by atoms with E-state index in [4.69, 9.17) is 4.74 Å². The lowest BCUT2D eigenvalue weighted by molar-refractivity contribution is 0.107. The molecule has 0 spiro atoms. The van der Waals surface area contributed by atoms with Crippen LogP contribution in [-0.2, 0) is 6.54 Å². The first-order valence-electron chi connectivity index (χ1n) is 8.24. The maximum atomic E-state index is 12.2. The molecule has 24 heavy (non-hydrogen) atoms. The molecule has 6 nitrogen and oxygen atoms in total. The Morgan fingerprint density at radius 1 is 1.25 bits per heavy atom. The van der Waals surface area contributed by atoms with Crippen molar-refractivity contribution in [2.24, 2.45) is 0 Å². The molecule has 2 heterocycles. The fourth-order valence-corrected chi connectivity index (χ4v) is 2.73. The van der Waals surface area contributed by atoms with Gasteiger partial charge < -0.3 is 15.0 Å². The molecule has 0 saturated carbocycles. The number of likely N-dealkylation sites (tertiary alicyclic amines) is 1. The van der Waals surface area contributed by atoms with E-state index >= 15 is 0 Å². The maximum Gasteiger partial charge on any atom is 0.317 e. The number of nitrogens with one attached hydrogen (secondary N) is 1. The first kappa shape index (κ1) is 16.2. The fourth-order valence-electron chi connectivity index (χ4n) is 2.73. The van der Waals surface area contributed by atoms with Crippen LogP contribution in [0.5, 0.6) is 5.88 Å². The molecule has 0 unspecified atom stereocenters. The summed E-state index contributed by atoms with van der Waals surface area (Å²) < 4.78 is 5.88. The summed E-state index contributed by atoms with van der Waals surface area (Å²) in [4.78, 5) is 22.4. The van der Waals surface area contributed by atoms with Crippen molar-refractivity contribution in [3.05, 3.63) is 54.0 Å². The molecule has 1 aliphatic rings. The van der Waals surface area contributed by atoms with Crippen molar-refractivity contribution in [2.45, 2.75) is 32.4 Å². The van der Waals surface area contributed by atoms with Gasteiger partial charge in [0.25, 0.3) is 0 Å². The van der Waals surface area contributed by atoms with Crippen LogP contribution in [0.3, 0.4) is 0 Å². The van der Waals surface area contributed by atoms with Gasteiger partial charge in [-0.05, 0) is 12.5 Å². The SMILES string of the molecule is Cc1nccc(OC2CCN(C(=O)NCc3ccccc3)CC2)n1. The van der Waals surface area contributed by atoms with Gasteiger partial charge in [-0.15, -0.1) is 0 Å². The van der Waals surface area contributed by atoms with Crippen molar-refractivity contribution in [2.75, 3.05) is 13.1 Å². The van der Waals surface area contributed by atoms with E-state index in [-0.39, 0.29) is 12.1 Å². The molecular weight excluding hydrogens is 304 g/mol. The summed E-state index contributed by atoms with van der Waals surface area (Å²) in [5.41, 5.74) is 1.10. The predicted octanol–water partition coefficient (Wildman–Crippen LogP) is 2.54. The van der Waals surface area contributed by atoms with Crippen LogP contribution >= 0.6 is 0 Å². The van der Waals surface area contributed by atoms with Gasteiger partial charge in [-0.2, -0.15) is 4.98 Å². The van der Waals surface area contributed by atoms with Crippen LogP contribution in [0.4, 0.5) is 4.79 Å². The highest BCUT2D eigenvalue weighted by atomic mass is 16.5. The minimum Gasteiger partial charge on any atom is -0.474 e. The summed E-state index contributed by atoms with van der Waals surface area (Å²) in [7, 11) is 0. The quantitative estimate of drug-likeness (QED) is 0.937. The summed E-state index contributed by atoms with van der Waals surface area (Å²) >= 11 is 0. The fraction of sp³-hybridized carbons (Fsp3) is 0.389. The summed E-state index contributed by atoms with van der Waals surface area (Å²) in [5, 5.41) is 2.97. The topological polar surface area (TPSA) is 67.3 Å². The zero-order chi connectivity index (χ0) is 16.8. The van der Waals surface area contributed by atoms with Gasteiger partial charge in [0.15, 0.2) is 0 Å². The lowest BCUT2D eigenvalue weighted by atomic mass is 10.1. The lowest BCUT2D eigenvalue weighted by Crippen LogP contribution is -2.46. The van der Waals surface area contributed by atoms with Crippen LogP contribution in [-0.4, -0.2) is 40.1 Å². The summed E-state index contributed by atoms with van der Waals surface area (Å²) in [6.07, 6.45) is 3.41. The summed E-state index contributed by atoms with van der Waals surface area (Å²) in [6, 6.07) is 11.7. The molecule has 1 N–H and O–H groups in total. The van der Waals surface area contributed by atoms with Crippen molar-refractivity contribution in [3.63, 3.8) is 0 Å². The minimum absolute atomic E-state index is 0.0183. The van der Waals surface area contributed by atoms with Gasteiger partial charge in [-0.3, -0.25) is 0 Å². The zero-order valence-corrected chi connectivity index (χ0v) is 13.8. The Bertz CT molecular complexity index is 670. The Morgan fingerprint density at radius 3 is 2.71 bits per heavy atom. The molecule has 1 fully saturated rings. The standard InChI is InChI=1S/C18H22N4O2/c1-14-19-10-7-17(21-14)24-16-8-11-22(12-9-16)18(23)20-13-15-5-3-2-4-6-15/h2-7,10,16H,8-9,11-13H2,1H3,(H,20,23). The number of aryl methyl sites for hydroxylation is 1. The highest BCUT2D eigenvalue weighted by Gasteiger charge is 2.24. The Morgan fingerprint density at radius 2 is 2.00 bits per heavy atom. The number of rotatable bonds is 4. The zero-order valence-electron chi connectivity index (χ0n) is 13.8. The van der Waals surface area contributed by atoms with E-state index in [9.17, 15) is 4.79 Å². The van der Waals surface area contributed by atoms with Crippen molar-refractivity contribution in [1.82, 2.24) is 20.2 Å². The van der Waals surface area contributed by atoms with Crippen LogP contribution in [0.1, 0.15) is 24.2 Å². The Kier molecular flexibility index (Phi) is 5.25. The smallest absolute Gasteiger partial charge is 0.317 e. The molecule has 3 rings (SSSR count). The van der Waals surface area contributed by atoms with Gasteiger partial charge in [-0.25, -0.2) is 9.78 Å². The molecule has 2 aromatic rings. The van der Waals surface area contributed by atoms with Crippen LogP contribution in [0.2, 0.25) is 0 Å². The molecule has 1 saturated heterocycles. The van der Waals surface area contributed by atoms with Crippen LogP contribution < -0.4 is 10.1 Å². The normalized spacial score (nSPS) is 15.1. The van der Waals surface area contributed by atoms with Gasteiger partial charge >= 0.3 is 6.03 Å². The highest BCUT2D eigenvalue weighted by Crippen LogP contribution is 2.17. The number of benzene rings is 1. The second-order valence-corrected chi connectivity index (χ2v) is 5.89. The van der Waals surface area contributed by atoms with Crippen LogP contribution in [0.25, 0.3) is 0 Å². The van der Waals surface area contributed by atoms with E-state index in [1.165, 1.54) is 0 Å². The van der Waals surface area contributed by atoms with Gasteiger partial charge in [0.05, 0.1) is 0 Å². The monoisotopic (exact) mass is 326 g/mol. The van der Waals surface area contributed by atoms with Crippen molar-refractivity contribution >= 4 is 6.03 Å². The number of piperidine rings is 1. The first-order chi connectivity index (χ1) is 11.7. The average Bonchev–Trinajstić information content (AvgIpc) is 2.61. The molecule has 0 aliphatic carbocycles. The van der Waals surface area contributed by atoms with Crippen molar-refractivity contribution in [3.8, 4) is 5.88 Å². The second kappa shape index (κ2) is 7.77. The lowest BCUT2D eigenvalue weighted by Gasteiger charge is -2.32. The minimum atomic E-state index is -0.0183. The van der Waals surface area contributed by atoms with E-state index in [0.29, 0.717) is 31.3 Å². The molecule has 126 valence electrons. The van der Waals surface area contributed by atoms with Crippen LogP contribution in [0.15, 0.2) is 42.6 Å². The predicted molar refractivity (Wildman–Crippen MR) is 90.7 cm³/mol. The summed E-state index contributed by atoms with van der Waals surface area (Å²) in [5.74, 6) is 1.31. The van der Waals surface area contributed by atoms with E-state index in [1.807, 2.05) is 42.2 Å². The van der Waals surface area contributed by atoms with Crippen LogP contribution in [0, 0.1) is 6.92 Å². The number of hydrogen-bond donors (Lipinski definition) is 1. The number of amides is 2. The third-order valence-electron chi connectivity index (χ3n) is 4.05. The van der Waals surface area contributed by atoms with Gasteiger partial charge in [0.1, 0.15) is 11.9 Å². The average molecular weight is 326 g/mol. The largest absolute Gasteiger partial charge is 0.474 e. The first-order valence-corrected chi connectivity index (χ1v) is 8.24. The molecule has 1 aliphatic heterocycles. The number of hydrogen-bond acceptors (Lipinski definition) is 4. The molecule has 1 aromatic heterocycles. The number of carbonyl (C=O) groups is 1. The maximum absolute atomic E-state index is 12.2. The number of aromatic nitrogens is 2. The second-order valence-electron chi connectivity index (χ2n) is 5.89. The van der Waals surface area contributed by atoms with Gasteiger partial charge in [0.2, 0.25) is 5.88 Å². The van der Waals surface area contributed by atoms with E-state index in [0.717, 1.165) is 18.4 Å². The molecule has 6 heteroatoms. The van der Waals surface area contributed by atoms with Crippen molar-refractivity contribution < 1.29 is 9.53 Å². The number of carbonyl (C=O) groups excluding carboxylic acids is 1. The molecular formula is C18H22N4O2. The third kappa shape index (κ3) is 4.44. The van der Waals surface area contributed by atoms with Crippen molar-refractivity contribution in [1.29, 1.82) is 0 Å². The van der Waals surface area contributed by atoms with Gasteiger partial charge in [-0.1, -0.05) is 30.3 Å². The summed E-state index contributed by atoms with van der Waals surface area (Å²) in [6.45, 7) is 3.77. The molecule has 0 bridgehead atoms. The van der Waals surface area contributed by atoms with E-state index < -0.39 is 0 Å². The molecule has 0 radical (unpaired) electrons. The Balaban J connectivity index is 1.43. The number of urea groups is 1. The van der Waals surface area contributed by atoms with Gasteiger partial charge in [0, 0.05) is 44.7 Å². The highest BCUT2D eigenvalue weighted by molar-refractivity contribution is 5.74. The number of ether oxygens (including phenoxy) is 1. The molecule has 1 aromatic carbocycles.